The summed E-state index contributed by atoms with van der Waals surface area (Å²) in [6, 6.07) is 13.2. The van der Waals surface area contributed by atoms with Crippen LogP contribution in [0.3, 0.4) is 0 Å². The van der Waals surface area contributed by atoms with Crippen LogP contribution in [0.4, 0.5) is 11.4 Å². The molecule has 32 heavy (non-hydrogen) atoms. The van der Waals surface area contributed by atoms with E-state index in [-0.39, 0.29) is 11.6 Å². The van der Waals surface area contributed by atoms with Crippen molar-refractivity contribution in [1.29, 1.82) is 0 Å². The third kappa shape index (κ3) is 3.25. The minimum absolute atomic E-state index is 0.202. The Kier molecular flexibility index (Phi) is 4.44. The van der Waals surface area contributed by atoms with Crippen LogP contribution in [0.2, 0.25) is 0 Å². The highest BCUT2D eigenvalue weighted by molar-refractivity contribution is 6.28. The molecule has 0 saturated carbocycles. The molecule has 0 saturated heterocycles. The van der Waals surface area contributed by atoms with E-state index in [0.29, 0.717) is 22.5 Å². The van der Waals surface area contributed by atoms with E-state index in [1.54, 1.807) is 48.5 Å². The maximum Gasteiger partial charge on any atom is 0.258 e. The monoisotopic (exact) mass is 424 g/mol. The van der Waals surface area contributed by atoms with Gasteiger partial charge in [0, 0.05) is 35.4 Å². The van der Waals surface area contributed by atoms with E-state index in [0.717, 1.165) is 9.80 Å². The predicted molar refractivity (Wildman–Crippen MR) is 112 cm³/mol. The Bertz CT molecular complexity index is 1220. The van der Waals surface area contributed by atoms with Crippen molar-refractivity contribution in [3.05, 3.63) is 72.8 Å². The molecule has 0 fully saturated rings. The number of benzene rings is 2. The first-order chi connectivity index (χ1) is 15.5. The fourth-order valence-corrected chi connectivity index (χ4v) is 3.34. The molecule has 0 radical (unpaired) electrons. The molecule has 0 spiro atoms. The van der Waals surface area contributed by atoms with Crippen LogP contribution >= 0.6 is 0 Å². The molecule has 3 heterocycles. The van der Waals surface area contributed by atoms with Crippen molar-refractivity contribution in [2.24, 2.45) is 0 Å². The third-order valence-corrected chi connectivity index (χ3v) is 4.82. The predicted octanol–water partition coefficient (Wildman–Crippen LogP) is 1.46. The lowest BCUT2D eigenvalue weighted by Gasteiger charge is -2.14. The van der Waals surface area contributed by atoms with Crippen LogP contribution in [0.25, 0.3) is 22.8 Å². The average molecular weight is 424 g/mol. The molecule has 2 aliphatic rings. The van der Waals surface area contributed by atoms with Crippen molar-refractivity contribution in [2.45, 2.75) is 0 Å². The fourth-order valence-electron chi connectivity index (χ4n) is 3.34. The van der Waals surface area contributed by atoms with E-state index in [1.807, 2.05) is 0 Å². The molecule has 0 N–H and O–H groups in total. The summed E-state index contributed by atoms with van der Waals surface area (Å²) in [4.78, 5) is 49.7. The van der Waals surface area contributed by atoms with Gasteiger partial charge in [-0.25, -0.2) is 9.80 Å². The van der Waals surface area contributed by atoms with Crippen LogP contribution in [0, 0.1) is 0 Å². The van der Waals surface area contributed by atoms with E-state index in [1.165, 1.54) is 24.3 Å². The number of hydrogen-bond donors (Lipinski definition) is 0. The van der Waals surface area contributed by atoms with Crippen molar-refractivity contribution in [2.75, 3.05) is 9.80 Å². The Hall–Kier alpha value is -4.86. The zero-order valence-corrected chi connectivity index (χ0v) is 16.2. The lowest BCUT2D eigenvalue weighted by molar-refractivity contribution is -0.121. The summed E-state index contributed by atoms with van der Waals surface area (Å²) in [6.07, 6.45) is 4.82. The smallest absolute Gasteiger partial charge is 0.258 e. The highest BCUT2D eigenvalue weighted by Crippen LogP contribution is 2.26. The van der Waals surface area contributed by atoms with Crippen molar-refractivity contribution < 1.29 is 19.2 Å². The van der Waals surface area contributed by atoms with Crippen molar-refractivity contribution in [3.63, 3.8) is 0 Å². The Morgan fingerprint density at radius 2 is 0.844 bits per heavy atom. The molecule has 154 valence electrons. The Morgan fingerprint density at radius 3 is 1.19 bits per heavy atom. The van der Waals surface area contributed by atoms with Crippen LogP contribution < -0.4 is 9.80 Å². The molecule has 0 bridgehead atoms. The second-order valence-electron chi connectivity index (χ2n) is 6.84. The second-order valence-corrected chi connectivity index (χ2v) is 6.84. The topological polar surface area (TPSA) is 126 Å². The summed E-state index contributed by atoms with van der Waals surface area (Å²) in [6.45, 7) is 0. The van der Waals surface area contributed by atoms with E-state index in [9.17, 15) is 19.2 Å². The molecule has 10 nitrogen and oxygen atoms in total. The number of rotatable bonds is 4. The summed E-state index contributed by atoms with van der Waals surface area (Å²) in [5.41, 5.74) is 1.82. The Morgan fingerprint density at radius 1 is 0.500 bits per heavy atom. The minimum atomic E-state index is -0.426. The van der Waals surface area contributed by atoms with Crippen LogP contribution in [-0.2, 0) is 19.2 Å². The summed E-state index contributed by atoms with van der Waals surface area (Å²) in [5, 5.41) is 16.4. The number of amides is 4. The Labute approximate surface area is 180 Å². The zero-order valence-electron chi connectivity index (χ0n) is 16.2. The van der Waals surface area contributed by atoms with Crippen molar-refractivity contribution in [1.82, 2.24) is 20.4 Å². The van der Waals surface area contributed by atoms with Gasteiger partial charge in [-0.05, 0) is 24.3 Å². The lowest BCUT2D eigenvalue weighted by atomic mass is 10.1. The first kappa shape index (κ1) is 19.1. The van der Waals surface area contributed by atoms with Gasteiger partial charge in [-0.1, -0.05) is 24.3 Å². The first-order valence-electron chi connectivity index (χ1n) is 9.42. The van der Waals surface area contributed by atoms with Gasteiger partial charge < -0.3 is 0 Å². The molecular formula is C22H12N6O4. The largest absolute Gasteiger partial charge is 0.269 e. The average Bonchev–Trinajstić information content (AvgIpc) is 3.34. The molecule has 3 aromatic rings. The van der Waals surface area contributed by atoms with Crippen LogP contribution in [0.5, 0.6) is 0 Å². The highest BCUT2D eigenvalue weighted by atomic mass is 16.2. The van der Waals surface area contributed by atoms with Gasteiger partial charge >= 0.3 is 0 Å². The van der Waals surface area contributed by atoms with Gasteiger partial charge in [0.15, 0.2) is 0 Å². The normalized spacial score (nSPS) is 15.4. The minimum Gasteiger partial charge on any atom is -0.269 e. The van der Waals surface area contributed by atoms with Gasteiger partial charge in [-0.3, -0.25) is 19.2 Å². The molecule has 0 atom stereocenters. The highest BCUT2D eigenvalue weighted by Gasteiger charge is 2.26. The molecular weight excluding hydrogens is 412 g/mol. The summed E-state index contributed by atoms with van der Waals surface area (Å²) >= 11 is 0. The molecule has 4 amide bonds. The number of carbonyl (C=O) groups is 4. The Balaban J connectivity index is 1.42. The number of carbonyl (C=O) groups excluding carboxylic acids is 4. The molecule has 0 aliphatic carbocycles. The van der Waals surface area contributed by atoms with Gasteiger partial charge in [-0.15, -0.1) is 20.4 Å². The fraction of sp³-hybridized carbons (Fsp3) is 0. The van der Waals surface area contributed by atoms with Crippen molar-refractivity contribution >= 4 is 35.0 Å². The molecule has 0 unspecified atom stereocenters. The van der Waals surface area contributed by atoms with E-state index >= 15 is 0 Å². The number of hydrogen-bond acceptors (Lipinski definition) is 8. The number of anilines is 2. The number of aromatic nitrogens is 4. The SMILES string of the molecule is O=C1C=CC(=O)N1c1cccc(-c2nnc(-c3cccc(N4C(=O)C=CC4=O)c3)nn2)c1. The van der Waals surface area contributed by atoms with Gasteiger partial charge in [0.1, 0.15) is 0 Å². The number of imide groups is 2. The summed E-state index contributed by atoms with van der Waals surface area (Å²) < 4.78 is 0. The number of nitrogens with zero attached hydrogens (tertiary/aromatic N) is 6. The standard InChI is InChI=1S/C22H12N6O4/c29-17-7-8-18(30)27(17)15-5-1-3-13(11-15)21-23-25-22(26-24-21)14-4-2-6-16(12-14)28-19(31)9-10-20(28)32/h1-12H. The van der Waals surface area contributed by atoms with Crippen LogP contribution in [0.15, 0.2) is 72.8 Å². The van der Waals surface area contributed by atoms with Gasteiger partial charge in [0.05, 0.1) is 11.4 Å². The zero-order chi connectivity index (χ0) is 22.2. The van der Waals surface area contributed by atoms with Gasteiger partial charge in [0.25, 0.3) is 23.6 Å². The molecule has 1 aromatic heterocycles. The molecule has 5 rings (SSSR count). The molecule has 2 aromatic carbocycles. The van der Waals surface area contributed by atoms with E-state index in [4.69, 9.17) is 0 Å². The van der Waals surface area contributed by atoms with Gasteiger partial charge in [-0.2, -0.15) is 0 Å². The van der Waals surface area contributed by atoms with E-state index in [2.05, 4.69) is 20.4 Å². The lowest BCUT2D eigenvalue weighted by Crippen LogP contribution is -2.29. The quantitative estimate of drug-likeness (QED) is 0.576. The molecule has 10 heteroatoms. The van der Waals surface area contributed by atoms with Crippen molar-refractivity contribution in [3.8, 4) is 22.8 Å². The first-order valence-corrected chi connectivity index (χ1v) is 9.42. The maximum absolute atomic E-state index is 11.9. The summed E-state index contributed by atoms with van der Waals surface area (Å²) in [5.74, 6) is -1.30. The third-order valence-electron chi connectivity index (χ3n) is 4.82. The summed E-state index contributed by atoms with van der Waals surface area (Å²) in [7, 11) is 0. The van der Waals surface area contributed by atoms with Crippen LogP contribution in [-0.4, -0.2) is 44.0 Å². The maximum atomic E-state index is 11.9. The van der Waals surface area contributed by atoms with Crippen LogP contribution in [0.1, 0.15) is 0 Å². The molecule has 2 aliphatic heterocycles. The second kappa shape index (κ2) is 7.43. The van der Waals surface area contributed by atoms with Gasteiger partial charge in [0.2, 0.25) is 11.6 Å². The van der Waals surface area contributed by atoms with E-state index < -0.39 is 23.6 Å².